The van der Waals surface area contributed by atoms with Crippen LogP contribution in [0.2, 0.25) is 0 Å². The zero-order valence-corrected chi connectivity index (χ0v) is 16.1. The first kappa shape index (κ1) is 19.7. The second-order valence-electron chi connectivity index (χ2n) is 5.42. The Kier molecular flexibility index (Phi) is 5.88. The molecule has 0 heterocycles. The van der Waals surface area contributed by atoms with Gasteiger partial charge in [0.15, 0.2) is 0 Å². The van der Waals surface area contributed by atoms with Gasteiger partial charge in [-0.25, -0.2) is 8.42 Å². The molecule has 0 aliphatic heterocycles. The molecule has 0 bridgehead atoms. The summed E-state index contributed by atoms with van der Waals surface area (Å²) < 4.78 is 54.5. The Morgan fingerprint density at radius 3 is 2.27 bits per heavy atom. The molecule has 0 aromatic heterocycles. The van der Waals surface area contributed by atoms with Crippen molar-refractivity contribution in [2.24, 2.45) is 5.10 Å². The van der Waals surface area contributed by atoms with Gasteiger partial charge in [0.2, 0.25) is 10.0 Å². The van der Waals surface area contributed by atoms with Crippen LogP contribution in [0.25, 0.3) is 0 Å². The SMILES string of the molecule is COc1ccc(S(=O)(=O)N/N=C(\C)c2cccc(NS(C)(=O)=O)c2)cc1. The Hall–Kier alpha value is -2.59. The van der Waals surface area contributed by atoms with E-state index in [1.165, 1.54) is 31.4 Å². The van der Waals surface area contributed by atoms with Crippen molar-refractivity contribution in [1.82, 2.24) is 4.83 Å². The van der Waals surface area contributed by atoms with Gasteiger partial charge in [-0.3, -0.25) is 4.72 Å². The summed E-state index contributed by atoms with van der Waals surface area (Å²) in [5.41, 5.74) is 1.30. The van der Waals surface area contributed by atoms with Crippen LogP contribution in [-0.4, -0.2) is 35.9 Å². The van der Waals surface area contributed by atoms with E-state index >= 15 is 0 Å². The molecule has 0 fully saturated rings. The van der Waals surface area contributed by atoms with Gasteiger partial charge in [-0.2, -0.15) is 18.4 Å². The molecule has 2 aromatic rings. The first-order chi connectivity index (χ1) is 12.1. The second-order valence-corrected chi connectivity index (χ2v) is 8.83. The van der Waals surface area contributed by atoms with E-state index < -0.39 is 20.0 Å². The number of anilines is 1. The van der Waals surface area contributed by atoms with Crippen LogP contribution >= 0.6 is 0 Å². The fraction of sp³-hybridized carbons (Fsp3) is 0.188. The average Bonchev–Trinajstić information content (AvgIpc) is 2.58. The van der Waals surface area contributed by atoms with Crippen LogP contribution < -0.4 is 14.3 Å². The van der Waals surface area contributed by atoms with Crippen molar-refractivity contribution >= 4 is 31.4 Å². The Morgan fingerprint density at radius 1 is 1.04 bits per heavy atom. The maximum Gasteiger partial charge on any atom is 0.276 e. The number of methoxy groups -OCH3 is 1. The van der Waals surface area contributed by atoms with Gasteiger partial charge < -0.3 is 4.74 Å². The Bertz CT molecular complexity index is 1010. The molecule has 0 unspecified atom stereocenters. The van der Waals surface area contributed by atoms with Crippen molar-refractivity contribution in [3.8, 4) is 5.75 Å². The molecule has 0 atom stereocenters. The Labute approximate surface area is 153 Å². The molecular formula is C16H19N3O5S2. The van der Waals surface area contributed by atoms with E-state index in [-0.39, 0.29) is 4.90 Å². The molecule has 140 valence electrons. The summed E-state index contributed by atoms with van der Waals surface area (Å²) in [7, 11) is -5.75. The number of rotatable bonds is 7. The lowest BCUT2D eigenvalue weighted by atomic mass is 10.1. The topological polar surface area (TPSA) is 114 Å². The maximum atomic E-state index is 12.3. The average molecular weight is 397 g/mol. The third-order valence-corrected chi connectivity index (χ3v) is 5.12. The molecule has 2 N–H and O–H groups in total. The van der Waals surface area contributed by atoms with Crippen LogP contribution in [0, 0.1) is 0 Å². The summed E-state index contributed by atoms with van der Waals surface area (Å²) in [5, 5.41) is 3.89. The highest BCUT2D eigenvalue weighted by atomic mass is 32.2. The molecular weight excluding hydrogens is 378 g/mol. The number of benzene rings is 2. The number of sulfonamides is 2. The monoisotopic (exact) mass is 397 g/mol. The highest BCUT2D eigenvalue weighted by molar-refractivity contribution is 7.92. The third-order valence-electron chi connectivity index (χ3n) is 3.29. The predicted molar refractivity (Wildman–Crippen MR) is 100 cm³/mol. The highest BCUT2D eigenvalue weighted by Crippen LogP contribution is 2.16. The van der Waals surface area contributed by atoms with Crippen LogP contribution in [0.3, 0.4) is 0 Å². The van der Waals surface area contributed by atoms with Gasteiger partial charge in [0.25, 0.3) is 10.0 Å². The summed E-state index contributed by atoms with van der Waals surface area (Å²) in [5.74, 6) is 0.541. The molecule has 0 amide bonds. The molecule has 0 aliphatic carbocycles. The van der Waals surface area contributed by atoms with Gasteiger partial charge in [-0.1, -0.05) is 12.1 Å². The summed E-state index contributed by atoms with van der Waals surface area (Å²) >= 11 is 0. The fourth-order valence-electron chi connectivity index (χ4n) is 2.02. The molecule has 0 radical (unpaired) electrons. The van der Waals surface area contributed by atoms with Crippen molar-refractivity contribution in [3.63, 3.8) is 0 Å². The van der Waals surface area contributed by atoms with Crippen molar-refractivity contribution in [3.05, 3.63) is 54.1 Å². The van der Waals surface area contributed by atoms with Crippen LogP contribution in [-0.2, 0) is 20.0 Å². The zero-order valence-electron chi connectivity index (χ0n) is 14.4. The lowest BCUT2D eigenvalue weighted by Gasteiger charge is -2.08. The minimum absolute atomic E-state index is 0.0438. The number of ether oxygens (including phenoxy) is 1. The van der Waals surface area contributed by atoms with E-state index in [1.54, 1.807) is 31.2 Å². The highest BCUT2D eigenvalue weighted by Gasteiger charge is 2.13. The summed E-state index contributed by atoms with van der Waals surface area (Å²) in [4.78, 5) is 2.20. The summed E-state index contributed by atoms with van der Waals surface area (Å²) in [6.07, 6.45) is 1.05. The van der Waals surface area contributed by atoms with Crippen LogP contribution in [0.1, 0.15) is 12.5 Å². The van der Waals surface area contributed by atoms with E-state index in [9.17, 15) is 16.8 Å². The first-order valence-corrected chi connectivity index (χ1v) is 10.8. The van der Waals surface area contributed by atoms with E-state index in [0.29, 0.717) is 22.7 Å². The fourth-order valence-corrected chi connectivity index (χ4v) is 3.43. The van der Waals surface area contributed by atoms with E-state index in [2.05, 4.69) is 14.7 Å². The largest absolute Gasteiger partial charge is 0.497 e. The standard InChI is InChI=1S/C16H19N3O5S2/c1-12(13-5-4-6-14(11-13)18-25(3,20)21)17-19-26(22,23)16-9-7-15(24-2)8-10-16/h4-11,18-19H,1-3H3/b17-12+. The summed E-state index contributed by atoms with van der Waals surface area (Å²) in [6.45, 7) is 1.61. The van der Waals surface area contributed by atoms with E-state index in [1.807, 2.05) is 0 Å². The van der Waals surface area contributed by atoms with Gasteiger partial charge in [-0.15, -0.1) is 0 Å². The minimum atomic E-state index is -3.83. The Balaban J connectivity index is 2.20. The van der Waals surface area contributed by atoms with E-state index in [4.69, 9.17) is 4.74 Å². The van der Waals surface area contributed by atoms with Crippen LogP contribution in [0.4, 0.5) is 5.69 Å². The van der Waals surface area contributed by atoms with Gasteiger partial charge in [0.1, 0.15) is 5.75 Å². The van der Waals surface area contributed by atoms with Crippen molar-refractivity contribution in [2.45, 2.75) is 11.8 Å². The lowest BCUT2D eigenvalue weighted by Crippen LogP contribution is -2.20. The number of nitrogens with one attached hydrogen (secondary N) is 2. The predicted octanol–water partition coefficient (Wildman–Crippen LogP) is 1.77. The molecule has 10 heteroatoms. The van der Waals surface area contributed by atoms with Crippen molar-refractivity contribution in [2.75, 3.05) is 18.1 Å². The van der Waals surface area contributed by atoms with Gasteiger partial charge in [-0.05, 0) is 48.9 Å². The number of nitrogens with zero attached hydrogens (tertiary/aromatic N) is 1. The van der Waals surface area contributed by atoms with Crippen LogP contribution in [0.15, 0.2) is 58.5 Å². The van der Waals surface area contributed by atoms with Crippen molar-refractivity contribution < 1.29 is 21.6 Å². The summed E-state index contributed by atoms with van der Waals surface area (Å²) in [6, 6.07) is 12.3. The zero-order chi connectivity index (χ0) is 19.4. The molecule has 0 saturated carbocycles. The molecule has 8 nitrogen and oxygen atoms in total. The van der Waals surface area contributed by atoms with Crippen LogP contribution in [0.5, 0.6) is 5.75 Å². The quantitative estimate of drug-likeness (QED) is 0.546. The normalized spacial score (nSPS) is 12.5. The minimum Gasteiger partial charge on any atom is -0.497 e. The Morgan fingerprint density at radius 2 is 1.69 bits per heavy atom. The molecule has 2 aromatic carbocycles. The molecule has 0 saturated heterocycles. The number of hydrogen-bond acceptors (Lipinski definition) is 6. The van der Waals surface area contributed by atoms with Gasteiger partial charge >= 0.3 is 0 Å². The molecule has 26 heavy (non-hydrogen) atoms. The number of hydrogen-bond donors (Lipinski definition) is 2. The number of hydrazone groups is 1. The molecule has 0 spiro atoms. The van der Waals surface area contributed by atoms with E-state index in [0.717, 1.165) is 6.26 Å². The first-order valence-electron chi connectivity index (χ1n) is 7.39. The molecule has 2 rings (SSSR count). The molecule has 0 aliphatic rings. The van der Waals surface area contributed by atoms with Gasteiger partial charge in [0, 0.05) is 5.69 Å². The van der Waals surface area contributed by atoms with Gasteiger partial charge in [0.05, 0.1) is 24.0 Å². The van der Waals surface area contributed by atoms with Crippen molar-refractivity contribution in [1.29, 1.82) is 0 Å². The smallest absolute Gasteiger partial charge is 0.276 e. The second kappa shape index (κ2) is 7.75. The third kappa shape index (κ3) is 5.46. The maximum absolute atomic E-state index is 12.3. The lowest BCUT2D eigenvalue weighted by molar-refractivity contribution is 0.414.